The van der Waals surface area contributed by atoms with E-state index in [1.54, 1.807) is 0 Å². The molecule has 1 heterocycles. The SMILES string of the molecule is CCCN1[C-](c2ccccc2)[C@H]1c1ccccc1.[Li+]. The topological polar surface area (TPSA) is 3.01 Å². The Morgan fingerprint density at radius 1 is 0.947 bits per heavy atom. The summed E-state index contributed by atoms with van der Waals surface area (Å²) in [5.74, 6) is 0. The van der Waals surface area contributed by atoms with Crippen molar-refractivity contribution in [2.75, 3.05) is 6.54 Å². The van der Waals surface area contributed by atoms with Gasteiger partial charge in [0.2, 0.25) is 0 Å². The van der Waals surface area contributed by atoms with E-state index < -0.39 is 0 Å². The molecule has 0 amide bonds. The van der Waals surface area contributed by atoms with Gasteiger partial charge in [-0.2, -0.15) is 17.7 Å². The third kappa shape index (κ3) is 2.90. The summed E-state index contributed by atoms with van der Waals surface area (Å²) in [5, 5.41) is 0. The largest absolute Gasteiger partial charge is 1.00 e. The molecule has 0 spiro atoms. The van der Waals surface area contributed by atoms with Gasteiger partial charge in [0.25, 0.3) is 0 Å². The van der Waals surface area contributed by atoms with E-state index >= 15 is 0 Å². The maximum Gasteiger partial charge on any atom is 1.00 e. The molecule has 2 aromatic rings. The van der Waals surface area contributed by atoms with Crippen LogP contribution in [0.15, 0.2) is 60.7 Å². The van der Waals surface area contributed by atoms with Gasteiger partial charge in [0.15, 0.2) is 0 Å². The van der Waals surface area contributed by atoms with Gasteiger partial charge in [-0.15, -0.1) is 12.1 Å². The van der Waals surface area contributed by atoms with Crippen LogP contribution in [0, 0.1) is 6.04 Å². The van der Waals surface area contributed by atoms with Crippen LogP contribution < -0.4 is 18.9 Å². The molecule has 0 N–H and O–H groups in total. The summed E-state index contributed by atoms with van der Waals surface area (Å²) in [5.41, 5.74) is 2.77. The van der Waals surface area contributed by atoms with E-state index in [1.807, 2.05) is 0 Å². The monoisotopic (exact) mass is 243 g/mol. The second-order valence-corrected chi connectivity index (χ2v) is 4.76. The fraction of sp³-hybridized carbons (Fsp3) is 0.235. The van der Waals surface area contributed by atoms with Gasteiger partial charge in [0.05, 0.1) is 0 Å². The van der Waals surface area contributed by atoms with Crippen molar-refractivity contribution in [1.82, 2.24) is 4.90 Å². The molecule has 1 aliphatic rings. The molecule has 0 saturated carbocycles. The Morgan fingerprint density at radius 2 is 1.53 bits per heavy atom. The van der Waals surface area contributed by atoms with Gasteiger partial charge in [0, 0.05) is 6.04 Å². The van der Waals surface area contributed by atoms with E-state index in [2.05, 4.69) is 72.5 Å². The smallest absolute Gasteiger partial charge is 0.327 e. The number of hydrogen-bond donors (Lipinski definition) is 0. The van der Waals surface area contributed by atoms with Gasteiger partial charge < -0.3 is 4.90 Å². The van der Waals surface area contributed by atoms with Gasteiger partial charge in [-0.25, -0.2) is 0 Å². The number of hydrogen-bond acceptors (Lipinski definition) is 1. The molecule has 0 aliphatic carbocycles. The first-order valence-corrected chi connectivity index (χ1v) is 6.65. The molecule has 0 bridgehead atoms. The quantitative estimate of drug-likeness (QED) is 0.440. The zero-order valence-electron chi connectivity index (χ0n) is 11.7. The van der Waals surface area contributed by atoms with Crippen molar-refractivity contribution in [3.05, 3.63) is 77.8 Å². The Hall–Kier alpha value is -1.13. The molecule has 2 aromatic carbocycles. The summed E-state index contributed by atoms with van der Waals surface area (Å²) in [6, 6.07) is 23.5. The van der Waals surface area contributed by atoms with Crippen molar-refractivity contribution in [2.24, 2.45) is 0 Å². The van der Waals surface area contributed by atoms with E-state index in [4.69, 9.17) is 0 Å². The molecule has 0 aromatic heterocycles. The van der Waals surface area contributed by atoms with E-state index in [-0.39, 0.29) is 18.9 Å². The molecule has 1 aliphatic heterocycles. The van der Waals surface area contributed by atoms with Crippen molar-refractivity contribution < 1.29 is 18.9 Å². The Kier molecular flexibility index (Phi) is 4.77. The summed E-state index contributed by atoms with van der Waals surface area (Å²) >= 11 is 0. The second kappa shape index (κ2) is 6.35. The van der Waals surface area contributed by atoms with Crippen LogP contribution in [0.4, 0.5) is 0 Å². The third-order valence-electron chi connectivity index (χ3n) is 3.46. The van der Waals surface area contributed by atoms with Gasteiger partial charge in [0.1, 0.15) is 0 Å². The predicted molar refractivity (Wildman–Crippen MR) is 75.0 cm³/mol. The Balaban J connectivity index is 0.00000133. The Bertz CT molecular complexity index is 452. The summed E-state index contributed by atoms with van der Waals surface area (Å²) < 4.78 is 0. The molecule has 2 heteroatoms. The zero-order valence-corrected chi connectivity index (χ0v) is 11.7. The van der Waals surface area contributed by atoms with Crippen LogP contribution >= 0.6 is 0 Å². The van der Waals surface area contributed by atoms with Crippen molar-refractivity contribution in [3.63, 3.8) is 0 Å². The molecule has 1 fully saturated rings. The first-order chi connectivity index (χ1) is 8.92. The first-order valence-electron chi connectivity index (χ1n) is 6.65. The summed E-state index contributed by atoms with van der Waals surface area (Å²) in [4.78, 5) is 2.50. The summed E-state index contributed by atoms with van der Waals surface area (Å²) in [7, 11) is 0. The predicted octanol–water partition coefficient (Wildman–Crippen LogP) is 1.04. The van der Waals surface area contributed by atoms with Crippen molar-refractivity contribution in [1.29, 1.82) is 0 Å². The average molecular weight is 243 g/mol. The molecule has 92 valence electrons. The van der Waals surface area contributed by atoms with Crippen molar-refractivity contribution in [3.8, 4) is 0 Å². The van der Waals surface area contributed by atoms with Crippen LogP contribution in [0.5, 0.6) is 0 Å². The average Bonchev–Trinajstić information content (AvgIpc) is 3.15. The number of benzene rings is 2. The van der Waals surface area contributed by atoms with Gasteiger partial charge in [-0.05, 0) is 18.5 Å². The standard InChI is InChI=1S/C17H18N.Li/c1-2-13-18-16(14-9-5-3-6-10-14)17(18)15-11-7-4-8-12-15;/h3-12,16H,2,13H2,1H3;/q-1;+1/t16-,18?;/m1./s1. The minimum absolute atomic E-state index is 0. The van der Waals surface area contributed by atoms with Crippen LogP contribution in [0.25, 0.3) is 0 Å². The first kappa shape index (κ1) is 14.3. The van der Waals surface area contributed by atoms with E-state index in [1.165, 1.54) is 23.6 Å². The van der Waals surface area contributed by atoms with Crippen LogP contribution in [0.2, 0.25) is 0 Å². The molecule has 3 rings (SSSR count). The molecule has 19 heavy (non-hydrogen) atoms. The van der Waals surface area contributed by atoms with Crippen LogP contribution in [0.3, 0.4) is 0 Å². The Morgan fingerprint density at radius 3 is 2.11 bits per heavy atom. The fourth-order valence-corrected chi connectivity index (χ4v) is 2.63. The third-order valence-corrected chi connectivity index (χ3v) is 3.46. The van der Waals surface area contributed by atoms with E-state index in [9.17, 15) is 0 Å². The molecule has 1 nitrogen and oxygen atoms in total. The summed E-state index contributed by atoms with van der Waals surface area (Å²) in [6.07, 6.45) is 1.19. The van der Waals surface area contributed by atoms with Gasteiger partial charge in [-0.1, -0.05) is 49.4 Å². The molecular weight excluding hydrogens is 225 g/mol. The molecule has 1 unspecified atom stereocenters. The maximum atomic E-state index is 2.50. The molecular formula is C17H18LiN. The minimum Gasteiger partial charge on any atom is -0.327 e. The van der Waals surface area contributed by atoms with E-state index in [0.29, 0.717) is 6.04 Å². The summed E-state index contributed by atoms with van der Waals surface area (Å²) in [6.45, 7) is 3.38. The van der Waals surface area contributed by atoms with Gasteiger partial charge >= 0.3 is 18.9 Å². The maximum absolute atomic E-state index is 2.50. The fourth-order valence-electron chi connectivity index (χ4n) is 2.63. The van der Waals surface area contributed by atoms with E-state index in [0.717, 1.165) is 6.54 Å². The van der Waals surface area contributed by atoms with Crippen LogP contribution in [-0.2, 0) is 0 Å². The zero-order chi connectivity index (χ0) is 12.4. The van der Waals surface area contributed by atoms with Gasteiger partial charge in [-0.3, -0.25) is 0 Å². The van der Waals surface area contributed by atoms with Crippen LogP contribution in [-0.4, -0.2) is 11.4 Å². The molecule has 2 atom stereocenters. The Labute approximate surface area is 127 Å². The molecule has 0 radical (unpaired) electrons. The van der Waals surface area contributed by atoms with Crippen LogP contribution in [0.1, 0.15) is 30.5 Å². The molecule has 1 saturated heterocycles. The van der Waals surface area contributed by atoms with Crippen molar-refractivity contribution in [2.45, 2.75) is 19.4 Å². The minimum atomic E-state index is 0. The van der Waals surface area contributed by atoms with Crippen molar-refractivity contribution >= 4 is 0 Å². The number of rotatable bonds is 4. The number of nitrogens with zero attached hydrogens (tertiary/aromatic N) is 1. The normalized spacial score (nSPS) is 20.8. The second-order valence-electron chi connectivity index (χ2n) is 4.76.